The van der Waals surface area contributed by atoms with E-state index in [1.165, 1.54) is 24.3 Å². The van der Waals surface area contributed by atoms with E-state index in [1.54, 1.807) is 6.07 Å². The summed E-state index contributed by atoms with van der Waals surface area (Å²) in [5, 5.41) is 5.94. The van der Waals surface area contributed by atoms with Gasteiger partial charge >= 0.3 is 11.6 Å². The Hall–Kier alpha value is -3.36. The summed E-state index contributed by atoms with van der Waals surface area (Å²) in [6, 6.07) is 9.22. The fraction of sp³-hybridized carbons (Fsp3) is 0.217. The first kappa shape index (κ1) is 24.3. The molecule has 0 aliphatic rings. The summed E-state index contributed by atoms with van der Waals surface area (Å²) in [5.74, 6) is -1.86. The first-order valence-corrected chi connectivity index (χ1v) is 10.6. The Balaban J connectivity index is 1.50. The number of nitrogens with one attached hydrogen (secondary N) is 2. The highest BCUT2D eigenvalue weighted by Gasteiger charge is 2.14. The second kappa shape index (κ2) is 10.5. The SMILES string of the molecule is Cc1cc2oc(=O)cc(COC(=O)CNC(=O)CNC(=O)c3ccc(Cl)cc3Cl)c2cc1C. The van der Waals surface area contributed by atoms with Crippen molar-refractivity contribution in [3.05, 3.63) is 79.1 Å². The molecule has 33 heavy (non-hydrogen) atoms. The zero-order valence-electron chi connectivity index (χ0n) is 17.8. The van der Waals surface area contributed by atoms with E-state index in [-0.39, 0.29) is 23.7 Å². The van der Waals surface area contributed by atoms with Gasteiger partial charge in [0.1, 0.15) is 18.7 Å². The highest BCUT2D eigenvalue weighted by molar-refractivity contribution is 6.36. The van der Waals surface area contributed by atoms with Crippen LogP contribution in [0.1, 0.15) is 27.0 Å². The number of halogens is 2. The van der Waals surface area contributed by atoms with Crippen LogP contribution in [-0.2, 0) is 20.9 Å². The molecule has 172 valence electrons. The van der Waals surface area contributed by atoms with Crippen molar-refractivity contribution >= 4 is 52.0 Å². The number of fused-ring (bicyclic) bond motifs is 1. The van der Waals surface area contributed by atoms with Crippen molar-refractivity contribution in [3.8, 4) is 0 Å². The van der Waals surface area contributed by atoms with Crippen molar-refractivity contribution in [2.24, 2.45) is 0 Å². The number of hydrogen-bond donors (Lipinski definition) is 2. The third-order valence-electron chi connectivity index (χ3n) is 4.85. The van der Waals surface area contributed by atoms with E-state index in [0.717, 1.165) is 11.1 Å². The fourth-order valence-corrected chi connectivity index (χ4v) is 3.47. The largest absolute Gasteiger partial charge is 0.459 e. The molecule has 0 fully saturated rings. The van der Waals surface area contributed by atoms with E-state index in [4.69, 9.17) is 32.4 Å². The summed E-state index contributed by atoms with van der Waals surface area (Å²) in [4.78, 5) is 47.9. The number of benzene rings is 2. The van der Waals surface area contributed by atoms with Gasteiger partial charge in [-0.3, -0.25) is 14.4 Å². The number of carbonyl (C=O) groups is 3. The van der Waals surface area contributed by atoms with Gasteiger partial charge in [-0.15, -0.1) is 0 Å². The fourth-order valence-electron chi connectivity index (χ4n) is 2.97. The van der Waals surface area contributed by atoms with Crippen molar-refractivity contribution in [1.29, 1.82) is 0 Å². The number of carbonyl (C=O) groups excluding carboxylic acids is 3. The van der Waals surface area contributed by atoms with E-state index in [9.17, 15) is 19.2 Å². The van der Waals surface area contributed by atoms with Gasteiger partial charge in [-0.05, 0) is 55.3 Å². The maximum absolute atomic E-state index is 12.1. The van der Waals surface area contributed by atoms with Crippen molar-refractivity contribution < 1.29 is 23.5 Å². The van der Waals surface area contributed by atoms with Crippen molar-refractivity contribution in [3.63, 3.8) is 0 Å². The number of aryl methyl sites for hydroxylation is 2. The van der Waals surface area contributed by atoms with Crippen LogP contribution in [-0.4, -0.2) is 30.9 Å². The van der Waals surface area contributed by atoms with Gasteiger partial charge in [0.15, 0.2) is 0 Å². The molecule has 1 heterocycles. The number of ether oxygens (including phenoxy) is 1. The Morgan fingerprint density at radius 1 is 0.970 bits per heavy atom. The van der Waals surface area contributed by atoms with Crippen LogP contribution in [0.2, 0.25) is 10.0 Å². The summed E-state index contributed by atoms with van der Waals surface area (Å²) >= 11 is 11.7. The van der Waals surface area contributed by atoms with Gasteiger partial charge < -0.3 is 19.8 Å². The van der Waals surface area contributed by atoms with Crippen molar-refractivity contribution in [2.75, 3.05) is 13.1 Å². The van der Waals surface area contributed by atoms with Gasteiger partial charge in [0, 0.05) is 22.0 Å². The molecule has 3 aromatic rings. The highest BCUT2D eigenvalue weighted by atomic mass is 35.5. The molecule has 1 aromatic heterocycles. The van der Waals surface area contributed by atoms with Gasteiger partial charge in [-0.1, -0.05) is 23.2 Å². The van der Waals surface area contributed by atoms with Gasteiger partial charge in [-0.25, -0.2) is 4.79 Å². The molecule has 0 saturated carbocycles. The summed E-state index contributed by atoms with van der Waals surface area (Å²) in [6.07, 6.45) is 0. The van der Waals surface area contributed by atoms with Crippen LogP contribution in [0, 0.1) is 13.8 Å². The highest BCUT2D eigenvalue weighted by Crippen LogP contribution is 2.22. The quantitative estimate of drug-likeness (QED) is 0.387. The Morgan fingerprint density at radius 3 is 2.42 bits per heavy atom. The summed E-state index contributed by atoms with van der Waals surface area (Å²) in [6.45, 7) is 2.88. The van der Waals surface area contributed by atoms with Crippen molar-refractivity contribution in [1.82, 2.24) is 10.6 Å². The maximum atomic E-state index is 12.1. The summed E-state index contributed by atoms with van der Waals surface area (Å²) in [7, 11) is 0. The normalized spacial score (nSPS) is 10.7. The predicted octanol–water partition coefficient (Wildman–Crippen LogP) is 3.31. The minimum Gasteiger partial charge on any atom is -0.459 e. The molecule has 0 atom stereocenters. The molecule has 0 saturated heterocycles. The van der Waals surface area contributed by atoms with E-state index < -0.39 is 30.0 Å². The predicted molar refractivity (Wildman–Crippen MR) is 124 cm³/mol. The lowest BCUT2D eigenvalue weighted by Crippen LogP contribution is -2.39. The molecule has 0 aliphatic carbocycles. The Kier molecular flexibility index (Phi) is 7.73. The monoisotopic (exact) mass is 490 g/mol. The molecule has 10 heteroatoms. The van der Waals surface area contributed by atoms with Gasteiger partial charge in [0.05, 0.1) is 17.1 Å². The van der Waals surface area contributed by atoms with Gasteiger partial charge in [0.2, 0.25) is 5.91 Å². The van der Waals surface area contributed by atoms with E-state index in [2.05, 4.69) is 10.6 Å². The van der Waals surface area contributed by atoms with Gasteiger partial charge in [0.25, 0.3) is 5.91 Å². The minimum atomic E-state index is -0.708. The van der Waals surface area contributed by atoms with Crippen LogP contribution in [0.4, 0.5) is 0 Å². The smallest absolute Gasteiger partial charge is 0.336 e. The molecular formula is C23H20Cl2N2O6. The Bertz CT molecular complexity index is 1300. The minimum absolute atomic E-state index is 0.150. The number of amides is 2. The molecule has 2 aromatic carbocycles. The molecule has 0 bridgehead atoms. The average molecular weight is 491 g/mol. The number of hydrogen-bond acceptors (Lipinski definition) is 6. The van der Waals surface area contributed by atoms with Crippen LogP contribution >= 0.6 is 23.2 Å². The van der Waals surface area contributed by atoms with Crippen LogP contribution < -0.4 is 16.3 Å². The van der Waals surface area contributed by atoms with Crippen LogP contribution in [0.15, 0.2) is 45.6 Å². The first-order valence-electron chi connectivity index (χ1n) is 9.83. The maximum Gasteiger partial charge on any atom is 0.336 e. The second-order valence-electron chi connectivity index (χ2n) is 7.27. The van der Waals surface area contributed by atoms with Crippen molar-refractivity contribution in [2.45, 2.75) is 20.5 Å². The molecule has 0 radical (unpaired) electrons. The number of rotatable bonds is 7. The third-order valence-corrected chi connectivity index (χ3v) is 5.40. The Labute approximate surface area is 198 Å². The van der Waals surface area contributed by atoms with E-state index >= 15 is 0 Å². The Morgan fingerprint density at radius 2 is 1.70 bits per heavy atom. The summed E-state index contributed by atoms with van der Waals surface area (Å²) < 4.78 is 10.4. The molecule has 0 spiro atoms. The number of esters is 1. The molecule has 0 aliphatic heterocycles. The van der Waals surface area contributed by atoms with Crippen LogP contribution in [0.5, 0.6) is 0 Å². The van der Waals surface area contributed by atoms with E-state index in [0.29, 0.717) is 21.6 Å². The van der Waals surface area contributed by atoms with Gasteiger partial charge in [-0.2, -0.15) is 0 Å². The summed E-state index contributed by atoms with van der Waals surface area (Å²) in [5.41, 5.74) is 2.48. The van der Waals surface area contributed by atoms with E-state index in [1.807, 2.05) is 19.9 Å². The topological polar surface area (TPSA) is 115 Å². The van der Waals surface area contributed by atoms with Crippen LogP contribution in [0.25, 0.3) is 11.0 Å². The molecule has 3 rings (SSSR count). The lowest BCUT2D eigenvalue weighted by molar-refractivity contribution is -0.145. The molecule has 2 N–H and O–H groups in total. The standard InChI is InChI=1S/C23H20Cl2N2O6/c1-12-5-17-14(7-21(29)33-19(17)6-13(12)2)11-32-22(30)10-26-20(28)9-27-23(31)16-4-3-15(24)8-18(16)25/h3-8H,9-11H2,1-2H3,(H,26,28)(H,27,31). The molecule has 0 unspecified atom stereocenters. The average Bonchev–Trinajstić information content (AvgIpc) is 2.75. The lowest BCUT2D eigenvalue weighted by Gasteiger charge is -2.10. The first-order chi connectivity index (χ1) is 15.6. The second-order valence-corrected chi connectivity index (χ2v) is 8.11. The van der Waals surface area contributed by atoms with Crippen LogP contribution in [0.3, 0.4) is 0 Å². The lowest BCUT2D eigenvalue weighted by atomic mass is 10.0. The molecular weight excluding hydrogens is 471 g/mol. The molecule has 8 nitrogen and oxygen atoms in total. The zero-order valence-corrected chi connectivity index (χ0v) is 19.3. The zero-order chi connectivity index (χ0) is 24.1. The molecule has 2 amide bonds. The third kappa shape index (κ3) is 6.34.